The molecule has 2 aromatic carbocycles. The molecule has 40 heavy (non-hydrogen) atoms. The van der Waals surface area contributed by atoms with Crippen LogP contribution in [0.3, 0.4) is 0 Å². The molecule has 0 radical (unpaired) electrons. The van der Waals surface area contributed by atoms with Crippen molar-refractivity contribution in [1.82, 2.24) is 15.2 Å². The van der Waals surface area contributed by atoms with E-state index in [-0.39, 0.29) is 55.0 Å². The molecular weight excluding hydrogens is 512 g/mol. The van der Waals surface area contributed by atoms with Gasteiger partial charge in [0.15, 0.2) is 0 Å². The molecule has 0 bridgehead atoms. The predicted molar refractivity (Wildman–Crippen MR) is 148 cm³/mol. The highest BCUT2D eigenvalue weighted by Crippen LogP contribution is 2.26. The lowest BCUT2D eigenvalue weighted by atomic mass is 9.93. The van der Waals surface area contributed by atoms with Crippen LogP contribution in [0.25, 0.3) is 0 Å². The van der Waals surface area contributed by atoms with E-state index >= 15 is 0 Å². The van der Waals surface area contributed by atoms with Crippen molar-refractivity contribution in [3.8, 4) is 0 Å². The Labute approximate surface area is 234 Å². The van der Waals surface area contributed by atoms with Gasteiger partial charge in [-0.15, -0.1) is 0 Å². The van der Waals surface area contributed by atoms with Crippen molar-refractivity contribution in [2.75, 3.05) is 31.8 Å². The van der Waals surface area contributed by atoms with E-state index in [1.165, 1.54) is 21.9 Å². The van der Waals surface area contributed by atoms with Crippen LogP contribution in [0.15, 0.2) is 54.6 Å². The van der Waals surface area contributed by atoms with Gasteiger partial charge in [-0.3, -0.25) is 34.5 Å². The zero-order valence-corrected chi connectivity index (χ0v) is 23.2. The zero-order chi connectivity index (χ0) is 28.8. The van der Waals surface area contributed by atoms with E-state index < -0.39 is 12.0 Å². The topological polar surface area (TPSA) is 116 Å². The summed E-state index contributed by atoms with van der Waals surface area (Å²) in [5, 5.41) is 1.48. The smallest absolute Gasteiger partial charge is 0.328 e. The van der Waals surface area contributed by atoms with E-state index in [0.717, 1.165) is 0 Å². The lowest BCUT2D eigenvalue weighted by Crippen LogP contribution is -2.51. The second-order valence-electron chi connectivity index (χ2n) is 10.7. The largest absolute Gasteiger partial charge is 0.467 e. The Morgan fingerprint density at radius 1 is 1.00 bits per heavy atom. The Bertz CT molecular complexity index is 1230. The van der Waals surface area contributed by atoms with Gasteiger partial charge < -0.3 is 9.64 Å². The second-order valence-corrected chi connectivity index (χ2v) is 10.7. The Hall–Kier alpha value is -4.21. The number of nitrogens with one attached hydrogen (secondary N) is 1. The van der Waals surface area contributed by atoms with Gasteiger partial charge in [-0.1, -0.05) is 44.2 Å². The van der Waals surface area contributed by atoms with Crippen molar-refractivity contribution in [3.63, 3.8) is 0 Å². The Morgan fingerprint density at radius 3 is 2.23 bits per heavy atom. The molecule has 10 nitrogen and oxygen atoms in total. The molecule has 1 fully saturated rings. The number of carbonyl (C=O) groups is 5. The van der Waals surface area contributed by atoms with E-state index in [1.54, 1.807) is 48.5 Å². The quantitative estimate of drug-likeness (QED) is 0.261. The number of hydrazine groups is 1. The molecule has 2 aromatic rings. The van der Waals surface area contributed by atoms with E-state index in [9.17, 15) is 24.0 Å². The number of likely N-dealkylation sites (tertiary alicyclic amines) is 1. The first-order chi connectivity index (χ1) is 19.2. The molecule has 2 aliphatic rings. The maximum absolute atomic E-state index is 13.4. The Balaban J connectivity index is 1.46. The molecule has 2 atom stereocenters. The summed E-state index contributed by atoms with van der Waals surface area (Å²) in [7, 11) is 1.30. The molecule has 212 valence electrons. The van der Waals surface area contributed by atoms with Crippen LogP contribution in [-0.2, 0) is 19.1 Å². The summed E-state index contributed by atoms with van der Waals surface area (Å²) in [6, 6.07) is 15.1. The van der Waals surface area contributed by atoms with Gasteiger partial charge in [0.1, 0.15) is 12.6 Å². The minimum Gasteiger partial charge on any atom is -0.467 e. The number of hydrogen-bond acceptors (Lipinski definition) is 7. The van der Waals surface area contributed by atoms with Gasteiger partial charge >= 0.3 is 5.97 Å². The molecule has 0 saturated carbocycles. The van der Waals surface area contributed by atoms with Crippen LogP contribution in [0.1, 0.15) is 60.2 Å². The molecule has 0 unspecified atom stereocenters. The second kappa shape index (κ2) is 12.8. The van der Waals surface area contributed by atoms with Gasteiger partial charge in [0.2, 0.25) is 11.8 Å². The van der Waals surface area contributed by atoms with Crippen molar-refractivity contribution in [3.05, 3.63) is 65.7 Å². The molecule has 0 aliphatic carbocycles. The van der Waals surface area contributed by atoms with Crippen LogP contribution < -0.4 is 10.4 Å². The molecular formula is C30H36N4O6. The number of carbonyl (C=O) groups excluding carboxylic acids is 5. The van der Waals surface area contributed by atoms with Crippen LogP contribution in [-0.4, -0.2) is 72.2 Å². The van der Waals surface area contributed by atoms with Crippen LogP contribution >= 0.6 is 0 Å². The highest BCUT2D eigenvalue weighted by molar-refractivity contribution is 6.21. The van der Waals surface area contributed by atoms with E-state index in [4.69, 9.17) is 4.74 Å². The number of imide groups is 1. The normalized spacial score (nSPS) is 17.1. The van der Waals surface area contributed by atoms with E-state index in [1.807, 2.05) is 19.9 Å². The number of esters is 1. The summed E-state index contributed by atoms with van der Waals surface area (Å²) in [5.74, 6) is -1.85. The van der Waals surface area contributed by atoms with Crippen molar-refractivity contribution in [1.29, 1.82) is 0 Å². The minimum absolute atomic E-state index is 0.0532. The monoisotopic (exact) mass is 548 g/mol. The highest BCUT2D eigenvalue weighted by atomic mass is 16.5. The molecule has 10 heteroatoms. The molecule has 0 spiro atoms. The van der Waals surface area contributed by atoms with E-state index in [2.05, 4.69) is 5.43 Å². The third-order valence-electron chi connectivity index (χ3n) is 7.27. The molecule has 2 heterocycles. The number of ether oxygens (including phenoxy) is 1. The number of fused-ring (bicyclic) bond motifs is 1. The number of methoxy groups -OCH3 is 1. The summed E-state index contributed by atoms with van der Waals surface area (Å²) < 4.78 is 4.87. The third-order valence-corrected chi connectivity index (χ3v) is 7.27. The number of nitrogens with zero attached hydrogens (tertiary/aromatic N) is 3. The molecule has 2 aliphatic heterocycles. The average Bonchev–Trinajstić information content (AvgIpc) is 3.52. The number of amides is 4. The summed E-state index contributed by atoms with van der Waals surface area (Å²) in [6.07, 6.45) is 1.90. The lowest BCUT2D eigenvalue weighted by molar-refractivity contribution is -0.150. The summed E-state index contributed by atoms with van der Waals surface area (Å²) in [4.78, 5) is 67.4. The summed E-state index contributed by atoms with van der Waals surface area (Å²) in [6.45, 7) is 4.44. The number of anilines is 1. The van der Waals surface area contributed by atoms with Gasteiger partial charge in [-0.2, -0.15) is 0 Å². The number of para-hydroxylation sites is 1. The predicted octanol–water partition coefficient (Wildman–Crippen LogP) is 3.04. The molecule has 0 aromatic heterocycles. The fourth-order valence-corrected chi connectivity index (χ4v) is 5.49. The van der Waals surface area contributed by atoms with Gasteiger partial charge in [0, 0.05) is 19.5 Å². The minimum atomic E-state index is -0.638. The van der Waals surface area contributed by atoms with Crippen LogP contribution in [0, 0.1) is 11.8 Å². The zero-order valence-electron chi connectivity index (χ0n) is 23.2. The molecule has 4 rings (SSSR count). The van der Waals surface area contributed by atoms with E-state index in [0.29, 0.717) is 42.6 Å². The van der Waals surface area contributed by atoms with Gasteiger partial charge in [0.25, 0.3) is 11.8 Å². The first kappa shape index (κ1) is 28.8. The first-order valence-electron chi connectivity index (χ1n) is 13.6. The maximum Gasteiger partial charge on any atom is 0.328 e. The fraction of sp³-hybridized carbons (Fsp3) is 0.433. The van der Waals surface area contributed by atoms with Gasteiger partial charge in [-0.05, 0) is 55.4 Å². The average molecular weight is 549 g/mol. The standard InChI is InChI=1S/C30H36N4O6/c1-20(2)16-21(18-33-28(37)23-12-7-8-13-24(23)29(33)38)17-26(35)31-34(22-10-5-4-6-11-22)19-27(36)32-15-9-14-25(32)30(39)40-3/h4-8,10-13,20-21,25H,9,14-19H2,1-3H3,(H,31,35)/t21-,25-/m0/s1. The first-order valence-corrected chi connectivity index (χ1v) is 13.6. The number of rotatable bonds is 11. The van der Waals surface area contributed by atoms with Crippen molar-refractivity contribution in [2.45, 2.75) is 45.6 Å². The Morgan fingerprint density at radius 2 is 1.62 bits per heavy atom. The number of benzene rings is 2. The van der Waals surface area contributed by atoms with Crippen LogP contribution in [0.5, 0.6) is 0 Å². The molecule has 4 amide bonds. The fourth-order valence-electron chi connectivity index (χ4n) is 5.49. The molecule has 1 saturated heterocycles. The highest BCUT2D eigenvalue weighted by Gasteiger charge is 2.38. The van der Waals surface area contributed by atoms with Gasteiger partial charge in [-0.25, -0.2) is 4.79 Å². The van der Waals surface area contributed by atoms with Crippen molar-refractivity contribution >= 4 is 35.3 Å². The summed E-state index contributed by atoms with van der Waals surface area (Å²) >= 11 is 0. The Kier molecular flexibility index (Phi) is 9.19. The third kappa shape index (κ3) is 6.50. The lowest BCUT2D eigenvalue weighted by Gasteiger charge is -2.30. The van der Waals surface area contributed by atoms with Crippen LogP contribution in [0.2, 0.25) is 0 Å². The summed E-state index contributed by atoms with van der Waals surface area (Å²) in [5.41, 5.74) is 4.22. The van der Waals surface area contributed by atoms with Crippen molar-refractivity contribution in [2.24, 2.45) is 11.8 Å². The molecule has 1 N–H and O–H groups in total. The SMILES string of the molecule is COC(=O)[C@@H]1CCCN1C(=O)CN(NC(=O)C[C@H](CC(C)C)CN1C(=O)c2ccccc2C1=O)c1ccccc1. The van der Waals surface area contributed by atoms with Crippen LogP contribution in [0.4, 0.5) is 5.69 Å². The number of hydrogen-bond donors (Lipinski definition) is 1. The van der Waals surface area contributed by atoms with Crippen molar-refractivity contribution < 1.29 is 28.7 Å². The van der Waals surface area contributed by atoms with Gasteiger partial charge in [0.05, 0.1) is 23.9 Å². The maximum atomic E-state index is 13.4.